The number of carbonyl (C=O) groups excluding carboxylic acids is 1. The smallest absolute Gasteiger partial charge is 0.269 e. The molecule has 2 aromatic rings. The molecule has 0 saturated carbocycles. The molecule has 0 heterocycles. The van der Waals surface area contributed by atoms with Crippen molar-refractivity contribution in [2.75, 3.05) is 6.54 Å². The van der Waals surface area contributed by atoms with Crippen LogP contribution in [0.5, 0.6) is 0 Å². The predicted octanol–water partition coefficient (Wildman–Crippen LogP) is 3.25. The Bertz CT molecular complexity index is 755. The molecule has 0 bridgehead atoms. The molecule has 0 aliphatic rings. The summed E-state index contributed by atoms with van der Waals surface area (Å²) in [7, 11) is 0. The minimum atomic E-state index is -0.526. The van der Waals surface area contributed by atoms with Crippen molar-refractivity contribution < 1.29 is 9.72 Å². The Labute approximate surface area is 137 Å². The Morgan fingerprint density at radius 2 is 1.88 bits per heavy atom. The van der Waals surface area contributed by atoms with Crippen LogP contribution in [0.3, 0.4) is 0 Å². The first-order chi connectivity index (χ1) is 11.6. The number of benzene rings is 2. The van der Waals surface area contributed by atoms with Crippen molar-refractivity contribution in [2.45, 2.75) is 12.5 Å². The average molecular weight is 325 g/mol. The second-order valence-electron chi connectivity index (χ2n) is 5.08. The number of nitrogens with one attached hydrogen (secondary N) is 1. The Morgan fingerprint density at radius 3 is 2.46 bits per heavy atom. The molecule has 0 unspecified atom stereocenters. The van der Waals surface area contributed by atoms with Gasteiger partial charge in [-0.1, -0.05) is 35.4 Å². The van der Waals surface area contributed by atoms with Gasteiger partial charge in [0.25, 0.3) is 11.6 Å². The van der Waals surface area contributed by atoms with Crippen molar-refractivity contribution in [3.63, 3.8) is 0 Å². The van der Waals surface area contributed by atoms with Gasteiger partial charge in [-0.15, -0.1) is 0 Å². The Morgan fingerprint density at radius 1 is 1.21 bits per heavy atom. The summed E-state index contributed by atoms with van der Waals surface area (Å²) < 4.78 is 0. The molecule has 0 aliphatic carbocycles. The highest BCUT2D eigenvalue weighted by Crippen LogP contribution is 2.12. The van der Waals surface area contributed by atoms with Crippen LogP contribution >= 0.6 is 0 Å². The minimum absolute atomic E-state index is 0.0820. The lowest BCUT2D eigenvalue weighted by atomic mass is 10.1. The van der Waals surface area contributed by atoms with E-state index in [-0.39, 0.29) is 24.2 Å². The van der Waals surface area contributed by atoms with Crippen LogP contribution in [0.1, 0.15) is 15.9 Å². The second kappa shape index (κ2) is 8.30. The number of hydrogen-bond donors (Lipinski definition) is 1. The number of hydrogen-bond acceptors (Lipinski definition) is 4. The van der Waals surface area contributed by atoms with Crippen molar-refractivity contribution in [1.29, 1.82) is 0 Å². The minimum Gasteiger partial charge on any atom is -0.349 e. The molecule has 0 fully saturated rings. The van der Waals surface area contributed by atoms with E-state index in [9.17, 15) is 14.9 Å². The molecular formula is C16H15N5O3. The van der Waals surface area contributed by atoms with E-state index in [0.29, 0.717) is 12.0 Å². The SMILES string of the molecule is [N-]=[N+]=NC[C@@H](Cc1ccccc1)NC(=O)c1ccc([N+](=O)[O-])cc1. The summed E-state index contributed by atoms with van der Waals surface area (Å²) in [5.41, 5.74) is 9.72. The van der Waals surface area contributed by atoms with Crippen LogP contribution < -0.4 is 5.32 Å². The fourth-order valence-corrected chi connectivity index (χ4v) is 2.20. The lowest BCUT2D eigenvalue weighted by Gasteiger charge is -2.17. The van der Waals surface area contributed by atoms with E-state index in [2.05, 4.69) is 15.3 Å². The zero-order chi connectivity index (χ0) is 17.4. The van der Waals surface area contributed by atoms with Crippen molar-refractivity contribution in [2.24, 2.45) is 5.11 Å². The van der Waals surface area contributed by atoms with E-state index in [0.717, 1.165) is 5.56 Å². The fraction of sp³-hybridized carbons (Fsp3) is 0.188. The molecule has 1 N–H and O–H groups in total. The van der Waals surface area contributed by atoms with Crippen LogP contribution in [0.2, 0.25) is 0 Å². The summed E-state index contributed by atoms with van der Waals surface area (Å²) in [5, 5.41) is 17.0. The van der Waals surface area contributed by atoms with Gasteiger partial charge in [-0.25, -0.2) is 0 Å². The third-order valence-electron chi connectivity index (χ3n) is 3.37. The monoisotopic (exact) mass is 325 g/mol. The van der Waals surface area contributed by atoms with Gasteiger partial charge in [-0.2, -0.15) is 0 Å². The van der Waals surface area contributed by atoms with Gasteiger partial charge in [-0.05, 0) is 29.6 Å². The lowest BCUT2D eigenvalue weighted by molar-refractivity contribution is -0.384. The van der Waals surface area contributed by atoms with Gasteiger partial charge in [0.15, 0.2) is 0 Å². The largest absolute Gasteiger partial charge is 0.349 e. The van der Waals surface area contributed by atoms with Crippen molar-refractivity contribution in [3.05, 3.63) is 86.3 Å². The van der Waals surface area contributed by atoms with Gasteiger partial charge in [0.1, 0.15) is 0 Å². The summed E-state index contributed by atoms with van der Waals surface area (Å²) in [6.45, 7) is 0.115. The molecule has 8 heteroatoms. The molecule has 0 saturated heterocycles. The summed E-state index contributed by atoms with van der Waals surface area (Å²) in [4.78, 5) is 25.1. The lowest BCUT2D eigenvalue weighted by Crippen LogP contribution is -2.38. The van der Waals surface area contributed by atoms with Crippen LogP contribution in [0, 0.1) is 10.1 Å². The van der Waals surface area contributed by atoms with Crippen LogP contribution in [-0.2, 0) is 6.42 Å². The number of nitrogens with zero attached hydrogens (tertiary/aromatic N) is 4. The standard InChI is InChI=1S/C16H15N5O3/c17-20-18-11-14(10-12-4-2-1-3-5-12)19-16(22)13-6-8-15(9-7-13)21(23)24/h1-9,14H,10-11H2,(H,19,22)/t14-/m1/s1. The Hall–Kier alpha value is -3.38. The number of rotatable bonds is 7. The molecule has 2 rings (SSSR count). The molecule has 1 amide bonds. The molecule has 0 spiro atoms. The highest BCUT2D eigenvalue weighted by atomic mass is 16.6. The van der Waals surface area contributed by atoms with Gasteiger partial charge >= 0.3 is 0 Å². The molecule has 0 radical (unpaired) electrons. The molecular weight excluding hydrogens is 310 g/mol. The maximum Gasteiger partial charge on any atom is 0.269 e. The normalized spacial score (nSPS) is 11.2. The maximum absolute atomic E-state index is 12.3. The van der Waals surface area contributed by atoms with Crippen LogP contribution in [-0.4, -0.2) is 23.4 Å². The van der Waals surface area contributed by atoms with Gasteiger partial charge in [0.05, 0.1) is 4.92 Å². The van der Waals surface area contributed by atoms with Gasteiger partial charge in [0.2, 0.25) is 0 Å². The van der Waals surface area contributed by atoms with E-state index in [4.69, 9.17) is 5.53 Å². The third-order valence-corrected chi connectivity index (χ3v) is 3.37. The molecule has 0 aliphatic heterocycles. The zero-order valence-corrected chi connectivity index (χ0v) is 12.7. The van der Waals surface area contributed by atoms with Crippen molar-refractivity contribution in [3.8, 4) is 0 Å². The summed E-state index contributed by atoms with van der Waals surface area (Å²) in [6, 6.07) is 14.5. The predicted molar refractivity (Wildman–Crippen MR) is 88.5 cm³/mol. The Balaban J connectivity index is 2.08. The first-order valence-corrected chi connectivity index (χ1v) is 7.20. The van der Waals surface area contributed by atoms with Gasteiger partial charge in [0, 0.05) is 35.2 Å². The summed E-state index contributed by atoms with van der Waals surface area (Å²) in [5.74, 6) is -0.376. The number of amides is 1. The van der Waals surface area contributed by atoms with Crippen molar-refractivity contribution in [1.82, 2.24) is 5.32 Å². The molecule has 0 aromatic heterocycles. The highest BCUT2D eigenvalue weighted by molar-refractivity contribution is 5.94. The number of carbonyl (C=O) groups is 1. The third kappa shape index (κ3) is 4.82. The van der Waals surface area contributed by atoms with Crippen molar-refractivity contribution >= 4 is 11.6 Å². The molecule has 8 nitrogen and oxygen atoms in total. The number of nitro benzene ring substituents is 1. The van der Waals surface area contributed by atoms with Crippen LogP contribution in [0.25, 0.3) is 10.4 Å². The first-order valence-electron chi connectivity index (χ1n) is 7.20. The van der Waals surface area contributed by atoms with Gasteiger partial charge in [-0.3, -0.25) is 14.9 Å². The van der Waals surface area contributed by atoms with E-state index in [1.807, 2.05) is 30.3 Å². The van der Waals surface area contributed by atoms with E-state index in [1.165, 1.54) is 24.3 Å². The Kier molecular flexibility index (Phi) is 5.88. The molecule has 122 valence electrons. The zero-order valence-electron chi connectivity index (χ0n) is 12.7. The van der Waals surface area contributed by atoms with Crippen LogP contribution in [0.4, 0.5) is 5.69 Å². The average Bonchev–Trinajstić information content (AvgIpc) is 2.60. The second-order valence-corrected chi connectivity index (χ2v) is 5.08. The van der Waals surface area contributed by atoms with E-state index in [1.54, 1.807) is 0 Å². The summed E-state index contributed by atoms with van der Waals surface area (Å²) in [6.07, 6.45) is 0.512. The van der Waals surface area contributed by atoms with E-state index < -0.39 is 4.92 Å². The van der Waals surface area contributed by atoms with E-state index >= 15 is 0 Å². The maximum atomic E-state index is 12.3. The first kappa shape index (κ1) is 17.0. The molecule has 24 heavy (non-hydrogen) atoms. The van der Waals surface area contributed by atoms with Gasteiger partial charge < -0.3 is 5.32 Å². The topological polar surface area (TPSA) is 121 Å². The quantitative estimate of drug-likeness (QED) is 0.276. The number of non-ortho nitro benzene ring substituents is 1. The number of azide groups is 1. The van der Waals surface area contributed by atoms with Crippen LogP contribution in [0.15, 0.2) is 59.7 Å². The highest BCUT2D eigenvalue weighted by Gasteiger charge is 2.15. The molecule has 1 atom stereocenters. The molecule has 2 aromatic carbocycles. The fourth-order valence-electron chi connectivity index (χ4n) is 2.20. The summed E-state index contributed by atoms with van der Waals surface area (Å²) >= 11 is 0. The number of nitro groups is 1.